The van der Waals surface area contributed by atoms with Gasteiger partial charge in [-0.2, -0.15) is 0 Å². The fraction of sp³-hybridized carbons (Fsp3) is 0.400. The zero-order valence-corrected chi connectivity index (χ0v) is 14.8. The first-order valence-corrected chi connectivity index (χ1v) is 7.81. The Hall–Kier alpha value is -2.00. The summed E-state index contributed by atoms with van der Waals surface area (Å²) < 4.78 is 4.95. The van der Waals surface area contributed by atoms with Gasteiger partial charge in [-0.15, -0.1) is 6.58 Å². The van der Waals surface area contributed by atoms with E-state index in [0.29, 0.717) is 5.75 Å². The van der Waals surface area contributed by atoms with Crippen LogP contribution < -0.4 is 4.74 Å². The van der Waals surface area contributed by atoms with Gasteiger partial charge >= 0.3 is 0 Å². The first-order valence-electron chi connectivity index (χ1n) is 7.81. The van der Waals surface area contributed by atoms with Crippen LogP contribution in [0.25, 0.3) is 0 Å². The van der Waals surface area contributed by atoms with Crippen molar-refractivity contribution in [3.05, 3.63) is 59.7 Å². The van der Waals surface area contributed by atoms with Crippen LogP contribution in [0.3, 0.4) is 0 Å². The number of methoxy groups -OCH3 is 1. The van der Waals surface area contributed by atoms with Gasteiger partial charge in [-0.1, -0.05) is 35.4 Å². The average molecular weight is 318 g/mol. The van der Waals surface area contributed by atoms with E-state index >= 15 is 0 Å². The second kappa shape index (κ2) is 12.5. The van der Waals surface area contributed by atoms with Gasteiger partial charge in [-0.05, 0) is 57.7 Å². The van der Waals surface area contributed by atoms with Gasteiger partial charge in [0, 0.05) is 0 Å². The molecule has 1 aromatic rings. The minimum absolute atomic E-state index is 0.167. The second-order valence-electron chi connectivity index (χ2n) is 5.55. The van der Waals surface area contributed by atoms with E-state index in [4.69, 9.17) is 9.84 Å². The number of phenols is 1. The summed E-state index contributed by atoms with van der Waals surface area (Å²) in [5.74, 6) is 0.680. The fourth-order valence-electron chi connectivity index (χ4n) is 1.86. The molecule has 0 saturated heterocycles. The maximum absolute atomic E-state index is 9.25. The molecule has 0 radical (unpaired) electrons. The largest absolute Gasteiger partial charge is 0.504 e. The highest BCUT2D eigenvalue weighted by atomic mass is 16.5. The monoisotopic (exact) mass is 318 g/mol. The lowest BCUT2D eigenvalue weighted by Gasteiger charge is -2.04. The average Bonchev–Trinajstić information content (AvgIpc) is 2.50. The van der Waals surface area contributed by atoms with Crippen LogP contribution in [0.5, 0.6) is 11.5 Å². The van der Waals surface area contributed by atoms with Crippen LogP contribution in [0, 0.1) is 0 Å². The number of rotatable bonds is 7. The van der Waals surface area contributed by atoms with E-state index in [1.807, 2.05) is 18.2 Å². The number of allylic oxidation sites excluding steroid dienone is 4. The molecule has 128 valence electrons. The third-order valence-corrected chi connectivity index (χ3v) is 3.16. The number of hydrogen-bond donors (Lipinski definition) is 2. The van der Waals surface area contributed by atoms with Crippen molar-refractivity contribution in [2.24, 2.45) is 0 Å². The first-order chi connectivity index (χ1) is 10.9. The maximum Gasteiger partial charge on any atom is 0.160 e. The Bertz CT molecular complexity index is 524. The lowest BCUT2D eigenvalue weighted by atomic mass is 10.1. The molecule has 0 aliphatic rings. The Balaban J connectivity index is 0.000000423. The molecule has 0 bridgehead atoms. The Morgan fingerprint density at radius 3 is 2.43 bits per heavy atom. The van der Waals surface area contributed by atoms with Crippen molar-refractivity contribution in [3.63, 3.8) is 0 Å². The molecular weight excluding hydrogens is 288 g/mol. The molecule has 3 heteroatoms. The Morgan fingerprint density at radius 1 is 1.22 bits per heavy atom. The van der Waals surface area contributed by atoms with E-state index in [2.05, 4.69) is 33.4 Å². The molecule has 23 heavy (non-hydrogen) atoms. The van der Waals surface area contributed by atoms with Gasteiger partial charge in [-0.25, -0.2) is 0 Å². The first kappa shape index (κ1) is 21.0. The summed E-state index contributed by atoms with van der Waals surface area (Å²) >= 11 is 0. The highest BCUT2D eigenvalue weighted by Gasteiger charge is 2.00. The predicted molar refractivity (Wildman–Crippen MR) is 98.1 cm³/mol. The lowest BCUT2D eigenvalue weighted by molar-refractivity contribution is 0.341. The number of benzene rings is 1. The van der Waals surface area contributed by atoms with Crippen molar-refractivity contribution in [3.8, 4) is 11.5 Å². The van der Waals surface area contributed by atoms with Crippen LogP contribution in [0.2, 0.25) is 0 Å². The van der Waals surface area contributed by atoms with Crippen LogP contribution >= 0.6 is 0 Å². The van der Waals surface area contributed by atoms with Crippen molar-refractivity contribution in [2.75, 3.05) is 13.7 Å². The second-order valence-corrected chi connectivity index (χ2v) is 5.55. The van der Waals surface area contributed by atoms with Crippen LogP contribution in [-0.2, 0) is 6.42 Å². The zero-order valence-electron chi connectivity index (χ0n) is 14.8. The van der Waals surface area contributed by atoms with E-state index in [1.165, 1.54) is 18.3 Å². The molecule has 0 aliphatic heterocycles. The van der Waals surface area contributed by atoms with Gasteiger partial charge in [0.15, 0.2) is 11.5 Å². The molecule has 3 nitrogen and oxygen atoms in total. The van der Waals surface area contributed by atoms with Crippen molar-refractivity contribution >= 4 is 0 Å². The van der Waals surface area contributed by atoms with E-state index < -0.39 is 0 Å². The fourth-order valence-corrected chi connectivity index (χ4v) is 1.86. The number of aliphatic hydroxyl groups excluding tert-OH is 1. The minimum atomic E-state index is 0.167. The van der Waals surface area contributed by atoms with Crippen LogP contribution in [0.1, 0.15) is 39.2 Å². The smallest absolute Gasteiger partial charge is 0.160 e. The van der Waals surface area contributed by atoms with Gasteiger partial charge in [-0.3, -0.25) is 0 Å². The Kier molecular flexibility index (Phi) is 11.4. The summed E-state index contributed by atoms with van der Waals surface area (Å²) in [6.07, 6.45) is 8.83. The van der Waals surface area contributed by atoms with Crippen LogP contribution in [0.15, 0.2) is 54.2 Å². The molecular formula is C20H30O3. The Morgan fingerprint density at radius 2 is 1.91 bits per heavy atom. The van der Waals surface area contributed by atoms with Crippen molar-refractivity contribution in [1.82, 2.24) is 0 Å². The lowest BCUT2D eigenvalue weighted by Crippen LogP contribution is -1.86. The molecule has 0 unspecified atom stereocenters. The van der Waals surface area contributed by atoms with Gasteiger partial charge < -0.3 is 14.9 Å². The van der Waals surface area contributed by atoms with Crippen molar-refractivity contribution in [2.45, 2.75) is 40.0 Å². The topological polar surface area (TPSA) is 49.7 Å². The molecule has 0 heterocycles. The summed E-state index contributed by atoms with van der Waals surface area (Å²) in [6.45, 7) is 10.1. The highest BCUT2D eigenvalue weighted by molar-refractivity contribution is 5.42. The summed E-state index contributed by atoms with van der Waals surface area (Å²) in [4.78, 5) is 0. The number of aromatic hydroxyl groups is 1. The van der Waals surface area contributed by atoms with E-state index in [-0.39, 0.29) is 12.4 Å². The summed E-state index contributed by atoms with van der Waals surface area (Å²) in [7, 11) is 1.53. The van der Waals surface area contributed by atoms with Gasteiger partial charge in [0.25, 0.3) is 0 Å². The molecule has 1 aromatic carbocycles. The molecule has 0 fully saturated rings. The van der Waals surface area contributed by atoms with Gasteiger partial charge in [0.1, 0.15) is 0 Å². The normalized spacial score (nSPS) is 10.4. The zero-order chi connectivity index (χ0) is 17.7. The van der Waals surface area contributed by atoms with Gasteiger partial charge in [0.2, 0.25) is 0 Å². The SMILES string of the molecule is C=CCc1ccc(O)c(OC)c1.CC(C)=CCC/C(C)=C/CO. The minimum Gasteiger partial charge on any atom is -0.504 e. The molecule has 1 rings (SSSR count). The molecule has 0 atom stereocenters. The number of ether oxygens (including phenoxy) is 1. The van der Waals surface area contributed by atoms with E-state index in [9.17, 15) is 5.11 Å². The third kappa shape index (κ3) is 10.4. The predicted octanol–water partition coefficient (Wildman–Crippen LogP) is 4.80. The third-order valence-electron chi connectivity index (χ3n) is 3.16. The van der Waals surface area contributed by atoms with Crippen LogP contribution in [0.4, 0.5) is 0 Å². The molecule has 0 saturated carbocycles. The number of phenolic OH excluding ortho intramolecular Hbond substituents is 1. The van der Waals surface area contributed by atoms with E-state index in [0.717, 1.165) is 24.8 Å². The standard InChI is InChI=1S/C10H12O2.C10H18O/c1-3-4-8-5-6-9(11)10(7-8)12-2;1-9(2)5-4-6-10(3)7-8-11/h3,5-7,11H,1,4H2,2H3;5,7,11H,4,6,8H2,1-3H3/b;10-7+. The molecule has 0 spiro atoms. The quantitative estimate of drug-likeness (QED) is 0.710. The molecule has 0 amide bonds. The maximum atomic E-state index is 9.25. The van der Waals surface area contributed by atoms with E-state index in [1.54, 1.807) is 12.1 Å². The Labute approximate surface area is 140 Å². The number of aliphatic hydroxyl groups is 1. The molecule has 0 aliphatic carbocycles. The summed E-state index contributed by atoms with van der Waals surface area (Å²) in [5.41, 5.74) is 3.71. The molecule has 2 N–H and O–H groups in total. The van der Waals surface area contributed by atoms with Crippen molar-refractivity contribution < 1.29 is 14.9 Å². The van der Waals surface area contributed by atoms with Crippen LogP contribution in [-0.4, -0.2) is 23.9 Å². The van der Waals surface area contributed by atoms with Gasteiger partial charge in [0.05, 0.1) is 13.7 Å². The molecule has 0 aromatic heterocycles. The summed E-state index contributed by atoms with van der Waals surface area (Å²) in [5, 5.41) is 17.8. The number of hydrogen-bond acceptors (Lipinski definition) is 3. The van der Waals surface area contributed by atoms with Crippen molar-refractivity contribution in [1.29, 1.82) is 0 Å². The summed E-state index contributed by atoms with van der Waals surface area (Å²) in [6, 6.07) is 5.27. The highest BCUT2D eigenvalue weighted by Crippen LogP contribution is 2.26.